The standard InChI is InChI=1S/C16H13N3O3S/c17-10-11-5-6-13-15(9-11)23(21,22)14-4-2-1-3-12(14)16(20)19-8-7-18-13/h1-6,9,18H,7-8H2,(H,19,20). The molecule has 1 heterocycles. The molecule has 0 aliphatic carbocycles. The van der Waals surface area contributed by atoms with Crippen LogP contribution >= 0.6 is 0 Å². The van der Waals surface area contributed by atoms with Crippen molar-refractivity contribution in [2.75, 3.05) is 18.4 Å². The molecule has 3 rings (SSSR count). The Morgan fingerprint density at radius 1 is 1.00 bits per heavy atom. The SMILES string of the molecule is N#Cc1ccc2c(c1)S(=O)(=O)c1ccccc1C(=O)NCCN2. The van der Waals surface area contributed by atoms with E-state index in [-0.39, 0.29) is 20.9 Å². The van der Waals surface area contributed by atoms with Gasteiger partial charge in [-0.25, -0.2) is 8.42 Å². The van der Waals surface area contributed by atoms with Crippen molar-refractivity contribution < 1.29 is 13.2 Å². The monoisotopic (exact) mass is 327 g/mol. The Bertz CT molecular complexity index is 930. The number of nitriles is 1. The van der Waals surface area contributed by atoms with E-state index >= 15 is 0 Å². The summed E-state index contributed by atoms with van der Waals surface area (Å²) >= 11 is 0. The Hall–Kier alpha value is -2.85. The summed E-state index contributed by atoms with van der Waals surface area (Å²) in [6, 6.07) is 12.4. The molecule has 0 aromatic heterocycles. The average molecular weight is 327 g/mol. The lowest BCUT2D eigenvalue weighted by Gasteiger charge is -2.17. The molecule has 1 amide bonds. The van der Waals surface area contributed by atoms with E-state index in [0.717, 1.165) is 0 Å². The Morgan fingerprint density at radius 3 is 2.52 bits per heavy atom. The van der Waals surface area contributed by atoms with Crippen LogP contribution in [-0.4, -0.2) is 27.4 Å². The highest BCUT2D eigenvalue weighted by Crippen LogP contribution is 2.31. The first-order valence-corrected chi connectivity index (χ1v) is 8.42. The van der Waals surface area contributed by atoms with E-state index in [2.05, 4.69) is 10.6 Å². The van der Waals surface area contributed by atoms with E-state index in [1.165, 1.54) is 18.2 Å². The molecule has 0 unspecified atom stereocenters. The number of sulfone groups is 1. The fraction of sp³-hybridized carbons (Fsp3) is 0.125. The molecule has 2 aromatic rings. The molecule has 116 valence electrons. The summed E-state index contributed by atoms with van der Waals surface area (Å²) in [5, 5.41) is 14.7. The van der Waals surface area contributed by atoms with Crippen LogP contribution in [0.5, 0.6) is 0 Å². The van der Waals surface area contributed by atoms with Gasteiger partial charge in [0.25, 0.3) is 5.91 Å². The van der Waals surface area contributed by atoms with E-state index < -0.39 is 15.7 Å². The minimum Gasteiger partial charge on any atom is -0.382 e. The summed E-state index contributed by atoms with van der Waals surface area (Å²) in [4.78, 5) is 12.1. The van der Waals surface area contributed by atoms with E-state index in [9.17, 15) is 13.2 Å². The maximum atomic E-state index is 13.0. The average Bonchev–Trinajstić information content (AvgIpc) is 2.57. The van der Waals surface area contributed by atoms with Crippen molar-refractivity contribution in [1.29, 1.82) is 5.26 Å². The number of nitrogens with zero attached hydrogens (tertiary/aromatic N) is 1. The van der Waals surface area contributed by atoms with Gasteiger partial charge in [-0.05, 0) is 30.3 Å². The summed E-state index contributed by atoms with van der Waals surface area (Å²) in [5.74, 6) is -0.439. The van der Waals surface area contributed by atoms with Gasteiger partial charge in [-0.1, -0.05) is 12.1 Å². The van der Waals surface area contributed by atoms with Gasteiger partial charge in [0.2, 0.25) is 9.84 Å². The van der Waals surface area contributed by atoms with Gasteiger partial charge in [0, 0.05) is 13.1 Å². The largest absolute Gasteiger partial charge is 0.382 e. The molecule has 0 saturated heterocycles. The zero-order valence-electron chi connectivity index (χ0n) is 12.0. The summed E-state index contributed by atoms with van der Waals surface area (Å²) in [6.45, 7) is 0.731. The van der Waals surface area contributed by atoms with Crippen molar-refractivity contribution in [3.8, 4) is 6.07 Å². The number of fused-ring (bicyclic) bond motifs is 2. The van der Waals surface area contributed by atoms with Gasteiger partial charge in [0.15, 0.2) is 0 Å². The molecule has 7 heteroatoms. The number of nitrogens with one attached hydrogen (secondary N) is 2. The molecule has 2 aromatic carbocycles. The number of hydrogen-bond acceptors (Lipinski definition) is 5. The third-order valence-electron chi connectivity index (χ3n) is 3.55. The normalized spacial score (nSPS) is 16.0. The lowest BCUT2D eigenvalue weighted by molar-refractivity contribution is 0.0952. The van der Waals surface area contributed by atoms with Gasteiger partial charge >= 0.3 is 0 Å². The molecule has 0 bridgehead atoms. The molecule has 0 saturated carbocycles. The number of carbonyl (C=O) groups excluding carboxylic acids is 1. The maximum Gasteiger partial charge on any atom is 0.252 e. The molecule has 6 nitrogen and oxygen atoms in total. The van der Waals surface area contributed by atoms with Gasteiger partial charge in [0.1, 0.15) is 0 Å². The second-order valence-electron chi connectivity index (χ2n) is 5.01. The molecule has 0 fully saturated rings. The van der Waals surface area contributed by atoms with Crippen LogP contribution in [0.25, 0.3) is 0 Å². The van der Waals surface area contributed by atoms with Crippen molar-refractivity contribution >= 4 is 21.4 Å². The topological polar surface area (TPSA) is 99.1 Å². The second-order valence-corrected chi connectivity index (χ2v) is 6.89. The first kappa shape index (κ1) is 15.1. The van der Waals surface area contributed by atoms with Crippen molar-refractivity contribution in [3.05, 3.63) is 53.6 Å². The van der Waals surface area contributed by atoms with Crippen molar-refractivity contribution in [1.82, 2.24) is 5.32 Å². The molecule has 0 radical (unpaired) electrons. The van der Waals surface area contributed by atoms with Crippen LogP contribution in [0.15, 0.2) is 52.3 Å². The molecule has 0 spiro atoms. The number of benzene rings is 2. The highest BCUT2D eigenvalue weighted by Gasteiger charge is 2.27. The van der Waals surface area contributed by atoms with E-state index in [1.54, 1.807) is 24.3 Å². The molecule has 1 aliphatic heterocycles. The van der Waals surface area contributed by atoms with Crippen molar-refractivity contribution in [2.45, 2.75) is 9.79 Å². The van der Waals surface area contributed by atoms with E-state index in [4.69, 9.17) is 5.26 Å². The summed E-state index contributed by atoms with van der Waals surface area (Å²) in [5.41, 5.74) is 0.755. The highest BCUT2D eigenvalue weighted by molar-refractivity contribution is 7.91. The molecule has 2 N–H and O–H groups in total. The van der Waals surface area contributed by atoms with Crippen LogP contribution in [0.1, 0.15) is 15.9 Å². The van der Waals surface area contributed by atoms with E-state index in [0.29, 0.717) is 18.8 Å². The van der Waals surface area contributed by atoms with Crippen LogP contribution in [-0.2, 0) is 9.84 Å². The van der Waals surface area contributed by atoms with Gasteiger partial charge in [-0.3, -0.25) is 4.79 Å². The zero-order valence-corrected chi connectivity index (χ0v) is 12.9. The Kier molecular flexibility index (Phi) is 3.76. The van der Waals surface area contributed by atoms with E-state index in [1.807, 2.05) is 6.07 Å². The van der Waals surface area contributed by atoms with Gasteiger partial charge in [0.05, 0.1) is 32.7 Å². The molecular weight excluding hydrogens is 314 g/mol. The third kappa shape index (κ3) is 2.64. The maximum absolute atomic E-state index is 13.0. The molecule has 0 atom stereocenters. The lowest BCUT2D eigenvalue weighted by atomic mass is 10.2. The fourth-order valence-corrected chi connectivity index (χ4v) is 4.09. The predicted octanol–water partition coefficient (Wildman–Crippen LogP) is 1.55. The number of amides is 1. The van der Waals surface area contributed by atoms with Crippen LogP contribution in [0.4, 0.5) is 5.69 Å². The number of carbonyl (C=O) groups is 1. The number of rotatable bonds is 0. The first-order valence-electron chi connectivity index (χ1n) is 6.94. The van der Waals surface area contributed by atoms with Crippen molar-refractivity contribution in [3.63, 3.8) is 0 Å². The lowest BCUT2D eigenvalue weighted by Crippen LogP contribution is -2.31. The summed E-state index contributed by atoms with van der Waals surface area (Å²) in [7, 11) is -3.94. The van der Waals surface area contributed by atoms with Crippen molar-refractivity contribution in [2.24, 2.45) is 0 Å². The van der Waals surface area contributed by atoms with Crippen LogP contribution in [0, 0.1) is 11.3 Å². The highest BCUT2D eigenvalue weighted by atomic mass is 32.2. The Balaban J connectivity index is 2.32. The fourth-order valence-electron chi connectivity index (χ4n) is 2.44. The molecule has 23 heavy (non-hydrogen) atoms. The first-order chi connectivity index (χ1) is 11.0. The van der Waals surface area contributed by atoms with Crippen LogP contribution < -0.4 is 10.6 Å². The molecular formula is C16H13N3O3S. The van der Waals surface area contributed by atoms with Crippen LogP contribution in [0.2, 0.25) is 0 Å². The minimum atomic E-state index is -3.94. The van der Waals surface area contributed by atoms with Gasteiger partial charge in [-0.2, -0.15) is 5.26 Å². The predicted molar refractivity (Wildman–Crippen MR) is 83.9 cm³/mol. The zero-order chi connectivity index (χ0) is 16.4. The second kappa shape index (κ2) is 5.74. The summed E-state index contributed by atoms with van der Waals surface area (Å²) in [6.07, 6.45) is 0. The minimum absolute atomic E-state index is 0.00120. The summed E-state index contributed by atoms with van der Waals surface area (Å²) < 4.78 is 26.0. The quantitative estimate of drug-likeness (QED) is 0.765. The molecule has 1 aliphatic rings. The smallest absolute Gasteiger partial charge is 0.252 e. The Morgan fingerprint density at radius 2 is 1.74 bits per heavy atom. The number of hydrogen-bond donors (Lipinski definition) is 2. The Labute approximate surface area is 133 Å². The number of anilines is 1. The third-order valence-corrected chi connectivity index (χ3v) is 5.40. The van der Waals surface area contributed by atoms with Crippen LogP contribution in [0.3, 0.4) is 0 Å². The van der Waals surface area contributed by atoms with Gasteiger partial charge < -0.3 is 10.6 Å². The van der Waals surface area contributed by atoms with Gasteiger partial charge in [-0.15, -0.1) is 0 Å².